The normalized spacial score (nSPS) is 10.3. The fourth-order valence-electron chi connectivity index (χ4n) is 1.91. The van der Waals surface area contributed by atoms with Gasteiger partial charge in [0.2, 0.25) is 11.8 Å². The molecule has 1 aromatic carbocycles. The Labute approximate surface area is 133 Å². The molecule has 6 heteroatoms. The molecular formula is C16H19N3O2S. The fourth-order valence-corrected chi connectivity index (χ4v) is 2.74. The second kappa shape index (κ2) is 7.70. The van der Waals surface area contributed by atoms with E-state index in [9.17, 15) is 9.59 Å². The van der Waals surface area contributed by atoms with E-state index in [0.29, 0.717) is 13.0 Å². The molecule has 0 unspecified atom stereocenters. The van der Waals surface area contributed by atoms with Gasteiger partial charge >= 0.3 is 0 Å². The molecule has 0 aliphatic heterocycles. The Bertz CT molecular complexity index is 650. The Morgan fingerprint density at radius 2 is 1.95 bits per heavy atom. The minimum Gasteiger partial charge on any atom is -0.356 e. The van der Waals surface area contributed by atoms with E-state index < -0.39 is 0 Å². The Morgan fingerprint density at radius 1 is 1.23 bits per heavy atom. The summed E-state index contributed by atoms with van der Waals surface area (Å²) in [6.07, 6.45) is 1.23. The second-order valence-electron chi connectivity index (χ2n) is 4.93. The first kappa shape index (κ1) is 16.2. The highest BCUT2D eigenvalue weighted by Gasteiger charge is 2.08. The Morgan fingerprint density at radius 3 is 2.59 bits per heavy atom. The van der Waals surface area contributed by atoms with Crippen molar-refractivity contribution in [2.24, 2.45) is 0 Å². The number of amides is 2. The lowest BCUT2D eigenvalue weighted by atomic mass is 10.2. The van der Waals surface area contributed by atoms with Crippen molar-refractivity contribution in [2.45, 2.75) is 26.7 Å². The van der Waals surface area contributed by atoms with Gasteiger partial charge < -0.3 is 10.6 Å². The number of nitrogens with one attached hydrogen (secondary N) is 2. The highest BCUT2D eigenvalue weighted by Crippen LogP contribution is 2.25. The van der Waals surface area contributed by atoms with Crippen LogP contribution in [-0.4, -0.2) is 23.3 Å². The molecule has 0 fully saturated rings. The second-order valence-corrected chi connectivity index (χ2v) is 5.79. The first-order valence-corrected chi connectivity index (χ1v) is 8.05. The van der Waals surface area contributed by atoms with E-state index in [1.807, 2.05) is 36.6 Å². The average molecular weight is 317 g/mol. The number of hydrogen-bond acceptors (Lipinski definition) is 4. The van der Waals surface area contributed by atoms with E-state index in [1.54, 1.807) is 0 Å². The van der Waals surface area contributed by atoms with Gasteiger partial charge in [0.05, 0.1) is 12.1 Å². The van der Waals surface area contributed by atoms with Crippen LogP contribution in [0.1, 0.15) is 26.0 Å². The van der Waals surface area contributed by atoms with E-state index in [-0.39, 0.29) is 11.8 Å². The summed E-state index contributed by atoms with van der Waals surface area (Å²) in [6.45, 7) is 4.19. The maximum absolute atomic E-state index is 11.7. The fraction of sp³-hybridized carbons (Fsp3) is 0.312. The molecule has 0 saturated heterocycles. The number of carbonyl (C=O) groups excluding carboxylic acids is 2. The molecule has 0 bridgehead atoms. The van der Waals surface area contributed by atoms with Crippen LogP contribution in [0.4, 0.5) is 5.69 Å². The first-order chi connectivity index (χ1) is 10.6. The summed E-state index contributed by atoms with van der Waals surface area (Å²) < 4.78 is 0. The number of thiazole rings is 1. The molecule has 0 atom stereocenters. The Hall–Kier alpha value is -2.21. The lowest BCUT2D eigenvalue weighted by molar-refractivity contribution is -0.120. The minimum absolute atomic E-state index is 0.000272. The smallest absolute Gasteiger partial charge is 0.226 e. The van der Waals surface area contributed by atoms with Crippen LogP contribution in [-0.2, 0) is 16.0 Å². The molecule has 1 aromatic heterocycles. The molecule has 0 radical (unpaired) electrons. The molecule has 0 aliphatic carbocycles. The summed E-state index contributed by atoms with van der Waals surface area (Å²) in [6, 6.07) is 7.49. The van der Waals surface area contributed by atoms with Crippen molar-refractivity contribution in [3.05, 3.63) is 35.3 Å². The van der Waals surface area contributed by atoms with Crippen molar-refractivity contribution in [3.63, 3.8) is 0 Å². The van der Waals surface area contributed by atoms with Crippen LogP contribution in [0.15, 0.2) is 29.6 Å². The van der Waals surface area contributed by atoms with Crippen molar-refractivity contribution in [3.8, 4) is 10.6 Å². The van der Waals surface area contributed by atoms with E-state index in [4.69, 9.17) is 0 Å². The summed E-state index contributed by atoms with van der Waals surface area (Å²) in [5, 5.41) is 8.34. The number of carbonyl (C=O) groups is 2. The zero-order chi connectivity index (χ0) is 15.9. The minimum atomic E-state index is -0.0950. The SMILES string of the molecule is CCCNC(=O)Cc1csc(-c2ccc(NC(C)=O)cc2)n1. The lowest BCUT2D eigenvalue weighted by Crippen LogP contribution is -2.25. The number of benzene rings is 1. The molecule has 0 spiro atoms. The zero-order valence-electron chi connectivity index (χ0n) is 12.7. The summed E-state index contributed by atoms with van der Waals surface area (Å²) in [4.78, 5) is 27.2. The number of hydrogen-bond donors (Lipinski definition) is 2. The van der Waals surface area contributed by atoms with E-state index in [0.717, 1.165) is 28.4 Å². The predicted octanol–water partition coefficient (Wildman–Crippen LogP) is 2.84. The maximum Gasteiger partial charge on any atom is 0.226 e. The van der Waals surface area contributed by atoms with Gasteiger partial charge in [0, 0.05) is 30.1 Å². The summed E-state index contributed by atoms with van der Waals surface area (Å²) in [5.74, 6) is -0.0953. The molecule has 2 aromatic rings. The highest BCUT2D eigenvalue weighted by atomic mass is 32.1. The van der Waals surface area contributed by atoms with Crippen LogP contribution in [0.2, 0.25) is 0 Å². The topological polar surface area (TPSA) is 71.1 Å². The van der Waals surface area contributed by atoms with Gasteiger partial charge in [-0.1, -0.05) is 6.92 Å². The summed E-state index contributed by atoms with van der Waals surface area (Å²) in [5.41, 5.74) is 2.51. The van der Waals surface area contributed by atoms with Crippen LogP contribution >= 0.6 is 11.3 Å². The third kappa shape index (κ3) is 4.66. The Balaban J connectivity index is 2.01. The largest absolute Gasteiger partial charge is 0.356 e. The van der Waals surface area contributed by atoms with Crippen molar-refractivity contribution in [1.29, 1.82) is 0 Å². The maximum atomic E-state index is 11.7. The van der Waals surface area contributed by atoms with E-state index in [1.165, 1.54) is 18.3 Å². The number of aromatic nitrogens is 1. The van der Waals surface area contributed by atoms with Gasteiger partial charge in [-0.3, -0.25) is 9.59 Å². The number of rotatable bonds is 6. The highest BCUT2D eigenvalue weighted by molar-refractivity contribution is 7.13. The van der Waals surface area contributed by atoms with Gasteiger partial charge in [-0.15, -0.1) is 11.3 Å². The molecule has 5 nitrogen and oxygen atoms in total. The van der Waals surface area contributed by atoms with Crippen LogP contribution < -0.4 is 10.6 Å². The molecule has 2 amide bonds. The first-order valence-electron chi connectivity index (χ1n) is 7.17. The molecule has 0 aliphatic rings. The van der Waals surface area contributed by atoms with Crippen LogP contribution in [0.25, 0.3) is 10.6 Å². The standard InChI is InChI=1S/C16H19N3O2S/c1-3-8-17-15(21)9-14-10-22-16(19-14)12-4-6-13(7-5-12)18-11(2)20/h4-7,10H,3,8-9H2,1-2H3,(H,17,21)(H,18,20). The number of nitrogens with zero attached hydrogens (tertiary/aromatic N) is 1. The van der Waals surface area contributed by atoms with Gasteiger partial charge in [-0.2, -0.15) is 0 Å². The lowest BCUT2D eigenvalue weighted by Gasteiger charge is -2.02. The number of anilines is 1. The molecule has 2 N–H and O–H groups in total. The van der Waals surface area contributed by atoms with Crippen molar-refractivity contribution >= 4 is 28.8 Å². The van der Waals surface area contributed by atoms with Gasteiger partial charge in [-0.05, 0) is 30.7 Å². The third-order valence-corrected chi connectivity index (χ3v) is 3.86. The Kier molecular flexibility index (Phi) is 5.66. The van der Waals surface area contributed by atoms with Gasteiger partial charge in [-0.25, -0.2) is 4.98 Å². The molecular weight excluding hydrogens is 298 g/mol. The average Bonchev–Trinajstić information content (AvgIpc) is 2.93. The van der Waals surface area contributed by atoms with Crippen LogP contribution in [0, 0.1) is 0 Å². The summed E-state index contributed by atoms with van der Waals surface area (Å²) in [7, 11) is 0. The molecule has 116 valence electrons. The van der Waals surface area contributed by atoms with E-state index >= 15 is 0 Å². The van der Waals surface area contributed by atoms with Crippen molar-refractivity contribution in [1.82, 2.24) is 10.3 Å². The third-order valence-electron chi connectivity index (χ3n) is 2.92. The molecule has 2 rings (SSSR count). The molecule has 1 heterocycles. The van der Waals surface area contributed by atoms with Gasteiger partial charge in [0.1, 0.15) is 5.01 Å². The monoisotopic (exact) mass is 317 g/mol. The van der Waals surface area contributed by atoms with Crippen molar-refractivity contribution < 1.29 is 9.59 Å². The molecule has 22 heavy (non-hydrogen) atoms. The van der Waals surface area contributed by atoms with Gasteiger partial charge in [0.25, 0.3) is 0 Å². The van der Waals surface area contributed by atoms with Crippen molar-refractivity contribution in [2.75, 3.05) is 11.9 Å². The quantitative estimate of drug-likeness (QED) is 0.860. The molecule has 0 saturated carbocycles. The summed E-state index contributed by atoms with van der Waals surface area (Å²) >= 11 is 1.51. The van der Waals surface area contributed by atoms with Crippen LogP contribution in [0.3, 0.4) is 0 Å². The van der Waals surface area contributed by atoms with E-state index in [2.05, 4.69) is 15.6 Å². The van der Waals surface area contributed by atoms with Crippen LogP contribution in [0.5, 0.6) is 0 Å². The predicted molar refractivity (Wildman–Crippen MR) is 88.9 cm³/mol. The van der Waals surface area contributed by atoms with Gasteiger partial charge in [0.15, 0.2) is 0 Å². The zero-order valence-corrected chi connectivity index (χ0v) is 13.5.